The molecule has 2 aromatic rings. The number of thioether (sulfide) groups is 1. The minimum absolute atomic E-state index is 0.192. The van der Waals surface area contributed by atoms with Crippen LogP contribution in [0.1, 0.15) is 35.1 Å². The molecule has 6 nitrogen and oxygen atoms in total. The molecule has 0 aliphatic heterocycles. The maximum Gasteiger partial charge on any atom is 0.240 e. The van der Waals surface area contributed by atoms with Crippen LogP contribution in [0.2, 0.25) is 0 Å². The molecular weight excluding hydrogens is 422 g/mol. The Hall–Kier alpha value is -2.51. The smallest absolute Gasteiger partial charge is 0.240 e. The summed E-state index contributed by atoms with van der Waals surface area (Å²) in [6, 6.07) is 11.9. The van der Waals surface area contributed by atoms with Crippen molar-refractivity contribution in [1.82, 2.24) is 4.90 Å². The highest BCUT2D eigenvalue weighted by Gasteiger charge is 2.31. The first-order chi connectivity index (χ1) is 15.2. The molecule has 2 rings (SSSR count). The van der Waals surface area contributed by atoms with Gasteiger partial charge in [0, 0.05) is 6.54 Å². The average Bonchev–Trinajstić information content (AvgIpc) is 2.75. The number of rotatable bonds is 12. The van der Waals surface area contributed by atoms with E-state index < -0.39 is 18.0 Å². The third-order valence-electron chi connectivity index (χ3n) is 5.71. The van der Waals surface area contributed by atoms with Gasteiger partial charge in [-0.2, -0.15) is 11.8 Å². The summed E-state index contributed by atoms with van der Waals surface area (Å²) in [6.45, 7) is 4.19. The summed E-state index contributed by atoms with van der Waals surface area (Å²) < 4.78 is 0. The first-order valence-corrected chi connectivity index (χ1v) is 12.3. The SMILES string of the molecule is CSCC[C@H](C(N)=O)N(CCCc1ccccc1)C(=O)[C@H](N)Cc1c(C)cc(O)cc1C. The van der Waals surface area contributed by atoms with Crippen molar-refractivity contribution in [3.63, 3.8) is 0 Å². The van der Waals surface area contributed by atoms with E-state index in [1.54, 1.807) is 28.8 Å². The van der Waals surface area contributed by atoms with Crippen molar-refractivity contribution in [2.75, 3.05) is 18.6 Å². The van der Waals surface area contributed by atoms with Gasteiger partial charge in [-0.25, -0.2) is 0 Å². The van der Waals surface area contributed by atoms with Crippen molar-refractivity contribution >= 4 is 23.6 Å². The molecule has 0 aliphatic carbocycles. The summed E-state index contributed by atoms with van der Waals surface area (Å²) in [7, 11) is 0. The van der Waals surface area contributed by atoms with Crippen LogP contribution in [-0.2, 0) is 22.4 Å². The number of phenolic OH excluding ortho intramolecular Hbond substituents is 1. The maximum absolute atomic E-state index is 13.4. The summed E-state index contributed by atoms with van der Waals surface area (Å²) in [5.74, 6) is 0.143. The fraction of sp³-hybridized carbons (Fsp3) is 0.440. The van der Waals surface area contributed by atoms with Crippen molar-refractivity contribution in [1.29, 1.82) is 0 Å². The third-order valence-corrected chi connectivity index (χ3v) is 6.36. The predicted molar refractivity (Wildman–Crippen MR) is 132 cm³/mol. The Kier molecular flexibility index (Phi) is 10.1. The highest BCUT2D eigenvalue weighted by atomic mass is 32.2. The van der Waals surface area contributed by atoms with Crippen LogP contribution < -0.4 is 11.5 Å². The number of hydrogen-bond donors (Lipinski definition) is 3. The van der Waals surface area contributed by atoms with Crippen molar-refractivity contribution < 1.29 is 14.7 Å². The van der Waals surface area contributed by atoms with Gasteiger partial charge in [-0.1, -0.05) is 30.3 Å². The number of nitrogens with two attached hydrogens (primary N) is 2. The molecule has 0 saturated heterocycles. The zero-order valence-corrected chi connectivity index (χ0v) is 20.0. The van der Waals surface area contributed by atoms with E-state index in [4.69, 9.17) is 11.5 Å². The summed E-state index contributed by atoms with van der Waals surface area (Å²) in [6.07, 6.45) is 4.30. The number of carbonyl (C=O) groups excluding carboxylic acids is 2. The molecule has 0 heterocycles. The van der Waals surface area contributed by atoms with Gasteiger partial charge in [-0.15, -0.1) is 0 Å². The quantitative estimate of drug-likeness (QED) is 0.454. The minimum atomic E-state index is -0.801. The van der Waals surface area contributed by atoms with Gasteiger partial charge in [0.2, 0.25) is 11.8 Å². The van der Waals surface area contributed by atoms with Crippen molar-refractivity contribution in [3.05, 3.63) is 64.7 Å². The second kappa shape index (κ2) is 12.5. The monoisotopic (exact) mass is 457 g/mol. The lowest BCUT2D eigenvalue weighted by atomic mass is 9.95. The van der Waals surface area contributed by atoms with Crippen LogP contribution in [0, 0.1) is 13.8 Å². The lowest BCUT2D eigenvalue weighted by Gasteiger charge is -2.32. The standard InChI is InChI=1S/C25H35N3O3S/c1-17-14-20(29)15-18(2)21(17)16-22(26)25(31)28(23(24(27)30)11-13-32-3)12-7-10-19-8-5-4-6-9-19/h4-6,8-9,14-15,22-23,29H,7,10-13,16,26H2,1-3H3,(H2,27,30)/t22-,23-/m1/s1. The van der Waals surface area contributed by atoms with E-state index in [2.05, 4.69) is 0 Å². The number of aromatic hydroxyl groups is 1. The van der Waals surface area contributed by atoms with Crippen LogP contribution in [-0.4, -0.2) is 52.5 Å². The highest BCUT2D eigenvalue weighted by Crippen LogP contribution is 2.22. The molecule has 2 amide bonds. The number of hydrogen-bond acceptors (Lipinski definition) is 5. The Morgan fingerprint density at radius 3 is 2.31 bits per heavy atom. The Balaban J connectivity index is 2.19. The Labute approximate surface area is 195 Å². The molecule has 0 fully saturated rings. The Morgan fingerprint density at radius 2 is 1.75 bits per heavy atom. The Bertz CT molecular complexity index is 882. The maximum atomic E-state index is 13.4. The van der Waals surface area contributed by atoms with Gasteiger partial charge in [0.25, 0.3) is 0 Å². The van der Waals surface area contributed by atoms with Crippen molar-refractivity contribution in [2.45, 2.75) is 51.6 Å². The number of aryl methyl sites for hydroxylation is 3. The van der Waals surface area contributed by atoms with E-state index in [0.29, 0.717) is 25.8 Å². The second-order valence-corrected chi connectivity index (χ2v) is 9.17. The highest BCUT2D eigenvalue weighted by molar-refractivity contribution is 7.98. The normalized spacial score (nSPS) is 12.9. The molecule has 2 atom stereocenters. The summed E-state index contributed by atoms with van der Waals surface area (Å²) >= 11 is 1.61. The summed E-state index contributed by atoms with van der Waals surface area (Å²) in [4.78, 5) is 27.3. The first-order valence-electron chi connectivity index (χ1n) is 10.9. The van der Waals surface area contributed by atoms with E-state index in [1.807, 2.05) is 50.4 Å². The number of primary amides is 1. The fourth-order valence-corrected chi connectivity index (χ4v) is 4.47. The van der Waals surface area contributed by atoms with E-state index >= 15 is 0 Å². The molecule has 0 aromatic heterocycles. The second-order valence-electron chi connectivity index (χ2n) is 8.19. The fourth-order valence-electron chi connectivity index (χ4n) is 4.01. The van der Waals surface area contributed by atoms with Gasteiger partial charge < -0.3 is 21.5 Å². The molecule has 7 heteroatoms. The lowest BCUT2D eigenvalue weighted by molar-refractivity contribution is -0.140. The topological polar surface area (TPSA) is 110 Å². The molecule has 2 aromatic carbocycles. The number of nitrogens with zero attached hydrogens (tertiary/aromatic N) is 1. The molecular formula is C25H35N3O3S. The molecule has 0 radical (unpaired) electrons. The average molecular weight is 458 g/mol. The molecule has 0 aliphatic rings. The number of carbonyl (C=O) groups is 2. The van der Waals surface area contributed by atoms with Gasteiger partial charge in [0.05, 0.1) is 6.04 Å². The van der Waals surface area contributed by atoms with E-state index in [0.717, 1.165) is 28.9 Å². The number of benzene rings is 2. The van der Waals surface area contributed by atoms with Crippen LogP contribution in [0.4, 0.5) is 0 Å². The molecule has 32 heavy (non-hydrogen) atoms. The van der Waals surface area contributed by atoms with Crippen LogP contribution >= 0.6 is 11.8 Å². The summed E-state index contributed by atoms with van der Waals surface area (Å²) in [5, 5.41) is 9.80. The minimum Gasteiger partial charge on any atom is -0.508 e. The van der Waals surface area contributed by atoms with Gasteiger partial charge in [-0.05, 0) is 85.9 Å². The van der Waals surface area contributed by atoms with E-state index in [1.165, 1.54) is 5.56 Å². The molecule has 174 valence electrons. The lowest BCUT2D eigenvalue weighted by Crippen LogP contribution is -2.54. The predicted octanol–water partition coefficient (Wildman–Crippen LogP) is 2.95. The van der Waals surface area contributed by atoms with Gasteiger partial charge in [-0.3, -0.25) is 9.59 Å². The molecule has 0 unspecified atom stereocenters. The largest absolute Gasteiger partial charge is 0.508 e. The van der Waals surface area contributed by atoms with Crippen molar-refractivity contribution in [2.24, 2.45) is 11.5 Å². The third kappa shape index (κ3) is 7.28. The molecule has 0 saturated carbocycles. The van der Waals surface area contributed by atoms with Gasteiger partial charge in [0.15, 0.2) is 0 Å². The van der Waals surface area contributed by atoms with Crippen LogP contribution in [0.3, 0.4) is 0 Å². The van der Waals surface area contributed by atoms with Gasteiger partial charge >= 0.3 is 0 Å². The van der Waals surface area contributed by atoms with Crippen molar-refractivity contribution in [3.8, 4) is 5.75 Å². The van der Waals surface area contributed by atoms with Crippen LogP contribution in [0.5, 0.6) is 5.75 Å². The molecule has 0 spiro atoms. The van der Waals surface area contributed by atoms with Gasteiger partial charge in [0.1, 0.15) is 11.8 Å². The number of amides is 2. The zero-order chi connectivity index (χ0) is 23.7. The van der Waals surface area contributed by atoms with Crippen LogP contribution in [0.15, 0.2) is 42.5 Å². The molecule has 5 N–H and O–H groups in total. The van der Waals surface area contributed by atoms with E-state index in [-0.39, 0.29) is 11.7 Å². The Morgan fingerprint density at radius 1 is 1.12 bits per heavy atom. The summed E-state index contributed by atoms with van der Waals surface area (Å²) in [5.41, 5.74) is 16.0. The first kappa shape index (κ1) is 25.7. The zero-order valence-electron chi connectivity index (χ0n) is 19.2. The number of phenols is 1. The van der Waals surface area contributed by atoms with Crippen LogP contribution in [0.25, 0.3) is 0 Å². The van der Waals surface area contributed by atoms with E-state index in [9.17, 15) is 14.7 Å². The molecule has 0 bridgehead atoms.